The molecule has 10 nitrogen and oxygen atoms in total. The van der Waals surface area contributed by atoms with Crippen LogP contribution in [0.1, 0.15) is 126 Å². The first kappa shape index (κ1) is 47.3. The lowest BCUT2D eigenvalue weighted by Crippen LogP contribution is -2.46. The number of amides is 2. The molecule has 1 fully saturated rings. The summed E-state index contributed by atoms with van der Waals surface area (Å²) >= 11 is 5.84. The number of carbonyl (C=O) groups is 3. The van der Waals surface area contributed by atoms with Gasteiger partial charge in [0.25, 0.3) is 0 Å². The molecular formula is C44H61ClF2N3O7P. The number of benzene rings is 2. The van der Waals surface area contributed by atoms with Gasteiger partial charge in [0.05, 0.1) is 35.6 Å². The second kappa shape index (κ2) is 24.6. The van der Waals surface area contributed by atoms with Crippen LogP contribution in [0.2, 0.25) is 5.02 Å². The zero-order valence-electron chi connectivity index (χ0n) is 34.1. The maximum absolute atomic E-state index is 14.7. The van der Waals surface area contributed by atoms with Crippen LogP contribution >= 0.6 is 19.2 Å². The number of Topliss-reactive ketones (excluding diaryl/α,β-unsaturated/α-hetero) is 1. The molecule has 4 rings (SSSR count). The molecule has 2 amide bonds. The van der Waals surface area contributed by atoms with E-state index in [0.29, 0.717) is 17.5 Å². The summed E-state index contributed by atoms with van der Waals surface area (Å²) in [6.07, 6.45) is 21.5. The number of aromatic nitrogens is 1. The van der Waals surface area contributed by atoms with E-state index in [4.69, 9.17) is 20.9 Å². The lowest BCUT2D eigenvalue weighted by atomic mass is 10.1. The summed E-state index contributed by atoms with van der Waals surface area (Å²) in [4.78, 5) is 51.2. The van der Waals surface area contributed by atoms with Crippen molar-refractivity contribution in [3.63, 3.8) is 0 Å². The van der Waals surface area contributed by atoms with Gasteiger partial charge in [0.1, 0.15) is 24.6 Å². The largest absolute Gasteiger partial charge is 0.379 e. The summed E-state index contributed by atoms with van der Waals surface area (Å²) in [5, 5.41) is 2.88. The molecule has 0 aliphatic carbocycles. The van der Waals surface area contributed by atoms with E-state index in [2.05, 4.69) is 24.4 Å². The predicted molar refractivity (Wildman–Crippen MR) is 226 cm³/mol. The van der Waals surface area contributed by atoms with Crippen molar-refractivity contribution >= 4 is 53.0 Å². The minimum atomic E-state index is -4.32. The van der Waals surface area contributed by atoms with Crippen LogP contribution in [-0.4, -0.2) is 70.5 Å². The summed E-state index contributed by atoms with van der Waals surface area (Å²) < 4.78 is 54.8. The summed E-state index contributed by atoms with van der Waals surface area (Å²) in [5.74, 6) is -2.23. The third-order valence-electron chi connectivity index (χ3n) is 10.5. The third kappa shape index (κ3) is 14.7. The highest BCUT2D eigenvalue weighted by Crippen LogP contribution is 2.41. The number of rotatable bonds is 27. The quantitative estimate of drug-likeness (QED) is 0.0339. The number of nitrogens with one attached hydrogen (secondary N) is 1. The Morgan fingerprint density at radius 1 is 0.948 bits per heavy atom. The molecule has 58 heavy (non-hydrogen) atoms. The van der Waals surface area contributed by atoms with Crippen LogP contribution in [0.3, 0.4) is 0 Å². The van der Waals surface area contributed by atoms with Gasteiger partial charge in [-0.2, -0.15) is 0 Å². The Bertz CT molecular complexity index is 1870. The van der Waals surface area contributed by atoms with E-state index in [1.54, 1.807) is 0 Å². The molecule has 3 aromatic rings. The second-order valence-corrected chi connectivity index (χ2v) is 17.4. The molecule has 1 aliphatic heterocycles. The third-order valence-corrected chi connectivity index (χ3v) is 12.3. The number of ether oxygens (including phenoxy) is 1. The van der Waals surface area contributed by atoms with Gasteiger partial charge < -0.3 is 28.9 Å². The number of allylic oxidation sites excluding steroid dienone is 2. The van der Waals surface area contributed by atoms with Crippen molar-refractivity contribution in [3.8, 4) is 0 Å². The highest BCUT2D eigenvalue weighted by atomic mass is 35.5. The molecular weight excluding hydrogens is 787 g/mol. The van der Waals surface area contributed by atoms with E-state index in [0.717, 1.165) is 30.6 Å². The Labute approximate surface area is 347 Å². The van der Waals surface area contributed by atoms with Crippen molar-refractivity contribution in [2.75, 3.05) is 26.4 Å². The first-order valence-corrected chi connectivity index (χ1v) is 22.9. The predicted octanol–water partition coefficient (Wildman–Crippen LogP) is 9.77. The van der Waals surface area contributed by atoms with Gasteiger partial charge in [0.2, 0.25) is 11.8 Å². The first-order chi connectivity index (χ1) is 27.9. The Balaban J connectivity index is 1.21. The fourth-order valence-electron chi connectivity index (χ4n) is 7.25. The number of carbonyl (C=O) groups excluding carboxylic acids is 3. The molecule has 1 aromatic heterocycles. The van der Waals surface area contributed by atoms with Gasteiger partial charge in [-0.25, -0.2) is 8.78 Å². The van der Waals surface area contributed by atoms with Crippen LogP contribution in [-0.2, 0) is 36.5 Å². The van der Waals surface area contributed by atoms with Gasteiger partial charge in [-0.15, -0.1) is 0 Å². The molecule has 320 valence electrons. The molecule has 0 spiro atoms. The van der Waals surface area contributed by atoms with E-state index >= 15 is 0 Å². The molecule has 14 heteroatoms. The summed E-state index contributed by atoms with van der Waals surface area (Å²) in [7, 11) is -4.32. The summed E-state index contributed by atoms with van der Waals surface area (Å²) in [6.45, 7) is 3.26. The maximum atomic E-state index is 14.7. The van der Waals surface area contributed by atoms with Crippen LogP contribution in [0, 0.1) is 5.82 Å². The maximum Gasteiger partial charge on any atom is 0.358 e. The SMILES string of the molecule is CCCCCCCCC=CCCCCCCCCOCCOP(=O)(O)c1ccc2c(C(C)=O)cn(CC(=O)N3C[C@H](F)C[C@H]3C(=O)NCc3cccc(Cl)c3F)c2c1. The lowest BCUT2D eigenvalue weighted by Gasteiger charge is -2.24. The molecule has 2 aromatic carbocycles. The van der Waals surface area contributed by atoms with Gasteiger partial charge in [0.15, 0.2) is 5.78 Å². The average Bonchev–Trinajstić information content (AvgIpc) is 3.78. The molecule has 0 radical (unpaired) electrons. The number of ketones is 1. The first-order valence-electron chi connectivity index (χ1n) is 20.9. The van der Waals surface area contributed by atoms with Crippen molar-refractivity contribution in [3.05, 3.63) is 76.7 Å². The van der Waals surface area contributed by atoms with Gasteiger partial charge in [-0.1, -0.05) is 107 Å². The zero-order chi connectivity index (χ0) is 41.9. The lowest BCUT2D eigenvalue weighted by molar-refractivity contribution is -0.139. The minimum absolute atomic E-state index is 0.0364. The minimum Gasteiger partial charge on any atom is -0.379 e. The molecule has 2 heterocycles. The van der Waals surface area contributed by atoms with Gasteiger partial charge in [-0.05, 0) is 57.2 Å². The molecule has 2 N–H and O–H groups in total. The second-order valence-electron chi connectivity index (χ2n) is 15.2. The van der Waals surface area contributed by atoms with Crippen molar-refractivity contribution in [2.45, 2.75) is 135 Å². The molecule has 0 bridgehead atoms. The Kier molecular flexibility index (Phi) is 20.1. The van der Waals surface area contributed by atoms with Gasteiger partial charge >= 0.3 is 7.60 Å². The van der Waals surface area contributed by atoms with Gasteiger partial charge in [-0.3, -0.25) is 18.9 Å². The number of halogens is 3. The van der Waals surface area contributed by atoms with Crippen LogP contribution in [0.5, 0.6) is 0 Å². The number of hydrogen-bond acceptors (Lipinski definition) is 6. The molecule has 1 aliphatic rings. The van der Waals surface area contributed by atoms with E-state index in [9.17, 15) is 32.6 Å². The van der Waals surface area contributed by atoms with Crippen molar-refractivity contribution < 1.29 is 41.9 Å². The van der Waals surface area contributed by atoms with E-state index in [1.807, 2.05) is 0 Å². The molecule has 3 atom stereocenters. The van der Waals surface area contributed by atoms with Crippen molar-refractivity contribution in [1.82, 2.24) is 14.8 Å². The van der Waals surface area contributed by atoms with Crippen LogP contribution in [0.15, 0.2) is 54.7 Å². The fourth-order valence-corrected chi connectivity index (χ4v) is 8.46. The van der Waals surface area contributed by atoms with Gasteiger partial charge in [0, 0.05) is 42.3 Å². The smallest absolute Gasteiger partial charge is 0.358 e. The number of unbranched alkanes of at least 4 members (excludes halogenated alkanes) is 12. The standard InChI is InChI=1S/C44H61ClF2N3O7P/c1-3-4-5-6-7-8-9-10-11-12-13-14-15-16-17-18-24-56-25-26-57-58(54,55)36-22-23-37-38(33(2)51)31-49(40(37)28-36)32-42(52)50-30-35(46)27-41(50)44(53)48-29-34-20-19-21-39(45)43(34)47/h10-11,19-23,28,31,35,41H,3-9,12-18,24-27,29-30,32H2,1-2H3,(H,48,53)(H,54,55)/t35-,41+/m1/s1. The highest BCUT2D eigenvalue weighted by molar-refractivity contribution is 7.61. The van der Waals surface area contributed by atoms with Crippen molar-refractivity contribution in [2.24, 2.45) is 0 Å². The number of likely N-dealkylation sites (tertiary alicyclic amines) is 1. The highest BCUT2D eigenvalue weighted by Gasteiger charge is 2.40. The van der Waals surface area contributed by atoms with Crippen LogP contribution in [0.4, 0.5) is 8.78 Å². The van der Waals surface area contributed by atoms with Crippen molar-refractivity contribution in [1.29, 1.82) is 0 Å². The van der Waals surface area contributed by atoms with Crippen LogP contribution in [0.25, 0.3) is 10.9 Å². The Morgan fingerprint density at radius 3 is 2.31 bits per heavy atom. The van der Waals surface area contributed by atoms with E-state index in [1.165, 1.54) is 118 Å². The summed E-state index contributed by atoms with van der Waals surface area (Å²) in [5.41, 5.74) is 0.741. The van der Waals surface area contributed by atoms with Crippen LogP contribution < -0.4 is 10.6 Å². The molecule has 0 saturated carbocycles. The van der Waals surface area contributed by atoms with E-state index < -0.39 is 37.4 Å². The normalized spacial score (nSPS) is 16.7. The molecule has 1 unspecified atom stereocenters. The zero-order valence-corrected chi connectivity index (χ0v) is 35.7. The Hall–Kier alpha value is -3.41. The number of alkyl halides is 1. The summed E-state index contributed by atoms with van der Waals surface area (Å²) in [6, 6.07) is 7.56. The number of nitrogens with zero attached hydrogens (tertiary/aromatic N) is 2. The fraction of sp³-hybridized carbons (Fsp3) is 0.568. The van der Waals surface area contributed by atoms with E-state index in [-0.39, 0.29) is 66.5 Å². The molecule has 1 saturated heterocycles. The monoisotopic (exact) mass is 847 g/mol. The Morgan fingerprint density at radius 2 is 1.62 bits per heavy atom. The number of hydrogen-bond donors (Lipinski definition) is 2. The topological polar surface area (TPSA) is 127 Å². The number of fused-ring (bicyclic) bond motifs is 1. The average molecular weight is 848 g/mol.